The van der Waals surface area contributed by atoms with Crippen LogP contribution in [0.5, 0.6) is 0 Å². The Kier molecular flexibility index (Phi) is 4.71. The van der Waals surface area contributed by atoms with Crippen molar-refractivity contribution in [1.29, 1.82) is 0 Å². The van der Waals surface area contributed by atoms with E-state index in [0.717, 1.165) is 24.1 Å². The number of H-pyrrole nitrogens is 1. The van der Waals surface area contributed by atoms with Crippen LogP contribution in [0, 0.1) is 5.92 Å². The Morgan fingerprint density at radius 1 is 1.33 bits per heavy atom. The molecule has 24 heavy (non-hydrogen) atoms. The summed E-state index contributed by atoms with van der Waals surface area (Å²) in [6.07, 6.45) is 2.18. The smallest absolute Gasteiger partial charge is 0.308 e. The van der Waals surface area contributed by atoms with Gasteiger partial charge >= 0.3 is 5.97 Å². The molecule has 1 aliphatic carbocycles. The largest absolute Gasteiger partial charge is 0.481 e. The van der Waals surface area contributed by atoms with Gasteiger partial charge in [-0.15, -0.1) is 0 Å². The first-order valence-electron chi connectivity index (χ1n) is 7.81. The second-order valence-corrected chi connectivity index (χ2v) is 6.86. The van der Waals surface area contributed by atoms with Gasteiger partial charge in [0.2, 0.25) is 0 Å². The molecule has 0 spiro atoms. The predicted molar refractivity (Wildman–Crippen MR) is 91.7 cm³/mol. The standard InChI is InChI=1S/C17H18BrN3O3/c1-9(17(23)24)13(10-5-3-2-4-6-10)19-16(22)15-12(18)14(20-21-15)11-7-8-11/h2-6,9,11,13H,7-8H2,1H3,(H,19,22)(H,20,21)(H,23,24). The van der Waals surface area contributed by atoms with Gasteiger partial charge in [0.25, 0.3) is 5.91 Å². The van der Waals surface area contributed by atoms with E-state index in [2.05, 4.69) is 31.4 Å². The number of aromatic amines is 1. The molecule has 7 heteroatoms. The van der Waals surface area contributed by atoms with E-state index in [0.29, 0.717) is 10.4 Å². The normalized spacial score (nSPS) is 16.4. The van der Waals surface area contributed by atoms with Crippen molar-refractivity contribution in [1.82, 2.24) is 15.5 Å². The Morgan fingerprint density at radius 3 is 2.58 bits per heavy atom. The summed E-state index contributed by atoms with van der Waals surface area (Å²) >= 11 is 3.43. The summed E-state index contributed by atoms with van der Waals surface area (Å²) in [6.45, 7) is 1.58. The van der Waals surface area contributed by atoms with E-state index in [1.165, 1.54) is 0 Å². The minimum Gasteiger partial charge on any atom is -0.481 e. The molecule has 2 atom stereocenters. The molecule has 1 heterocycles. The molecular formula is C17H18BrN3O3. The molecule has 1 aliphatic rings. The monoisotopic (exact) mass is 391 g/mol. The fraction of sp³-hybridized carbons (Fsp3) is 0.353. The van der Waals surface area contributed by atoms with Crippen molar-refractivity contribution in [2.75, 3.05) is 0 Å². The van der Waals surface area contributed by atoms with Crippen LogP contribution in [0.15, 0.2) is 34.8 Å². The first kappa shape index (κ1) is 16.7. The van der Waals surface area contributed by atoms with Gasteiger partial charge < -0.3 is 10.4 Å². The highest BCUT2D eigenvalue weighted by Crippen LogP contribution is 2.43. The summed E-state index contributed by atoms with van der Waals surface area (Å²) in [6, 6.07) is 8.46. The number of hydrogen-bond donors (Lipinski definition) is 3. The van der Waals surface area contributed by atoms with Crippen LogP contribution in [-0.4, -0.2) is 27.2 Å². The van der Waals surface area contributed by atoms with E-state index >= 15 is 0 Å². The minimum atomic E-state index is -0.969. The molecule has 126 valence electrons. The quantitative estimate of drug-likeness (QED) is 0.704. The molecule has 0 aliphatic heterocycles. The molecule has 6 nitrogen and oxygen atoms in total. The zero-order valence-electron chi connectivity index (χ0n) is 13.1. The maximum atomic E-state index is 12.6. The van der Waals surface area contributed by atoms with Crippen molar-refractivity contribution in [3.8, 4) is 0 Å². The molecule has 0 radical (unpaired) electrons. The second kappa shape index (κ2) is 6.76. The molecule has 3 N–H and O–H groups in total. The number of aliphatic carboxylic acids is 1. The van der Waals surface area contributed by atoms with Crippen molar-refractivity contribution in [2.45, 2.75) is 31.7 Å². The molecule has 1 saturated carbocycles. The molecule has 2 unspecified atom stereocenters. The number of amides is 1. The molecule has 0 saturated heterocycles. The maximum absolute atomic E-state index is 12.6. The van der Waals surface area contributed by atoms with Crippen LogP contribution < -0.4 is 5.32 Å². The average Bonchev–Trinajstić information content (AvgIpc) is 3.34. The van der Waals surface area contributed by atoms with Crippen LogP contribution in [0.2, 0.25) is 0 Å². The highest BCUT2D eigenvalue weighted by atomic mass is 79.9. The van der Waals surface area contributed by atoms with Gasteiger partial charge in [-0.2, -0.15) is 5.10 Å². The van der Waals surface area contributed by atoms with Crippen molar-refractivity contribution >= 4 is 27.8 Å². The number of carboxylic acid groups (broad SMARTS) is 1. The summed E-state index contributed by atoms with van der Waals surface area (Å²) in [4.78, 5) is 24.0. The number of hydrogen-bond acceptors (Lipinski definition) is 3. The van der Waals surface area contributed by atoms with Crippen LogP contribution in [-0.2, 0) is 4.79 Å². The van der Waals surface area contributed by atoms with Crippen LogP contribution in [0.25, 0.3) is 0 Å². The summed E-state index contributed by atoms with van der Waals surface area (Å²) in [5.74, 6) is -1.70. The van der Waals surface area contributed by atoms with Gasteiger partial charge in [0.1, 0.15) is 0 Å². The third-order valence-corrected chi connectivity index (χ3v) is 5.07. The Hall–Kier alpha value is -2.15. The Morgan fingerprint density at radius 2 is 2.00 bits per heavy atom. The van der Waals surface area contributed by atoms with Gasteiger partial charge in [-0.05, 0) is 41.3 Å². The number of nitrogens with zero attached hydrogens (tertiary/aromatic N) is 1. The van der Waals surface area contributed by atoms with Crippen LogP contribution in [0.4, 0.5) is 0 Å². The second-order valence-electron chi connectivity index (χ2n) is 6.06. The maximum Gasteiger partial charge on any atom is 0.308 e. The Labute approximate surface area is 147 Å². The van der Waals surface area contributed by atoms with E-state index in [4.69, 9.17) is 0 Å². The average molecular weight is 392 g/mol. The highest BCUT2D eigenvalue weighted by Gasteiger charge is 2.32. The fourth-order valence-electron chi connectivity index (χ4n) is 2.64. The number of carbonyl (C=O) groups excluding carboxylic acids is 1. The Bertz CT molecular complexity index is 756. The van der Waals surface area contributed by atoms with Gasteiger partial charge in [0.05, 0.1) is 22.1 Å². The SMILES string of the molecule is CC(C(=O)O)C(NC(=O)c1n[nH]c(C2CC2)c1Br)c1ccccc1. The van der Waals surface area contributed by atoms with Crippen molar-refractivity contribution in [3.05, 3.63) is 51.8 Å². The van der Waals surface area contributed by atoms with E-state index in [1.54, 1.807) is 19.1 Å². The summed E-state index contributed by atoms with van der Waals surface area (Å²) < 4.78 is 0.664. The van der Waals surface area contributed by atoms with Gasteiger partial charge in [0, 0.05) is 5.92 Å². The topological polar surface area (TPSA) is 95.1 Å². The summed E-state index contributed by atoms with van der Waals surface area (Å²) in [7, 11) is 0. The third-order valence-electron chi connectivity index (χ3n) is 4.27. The first-order valence-corrected chi connectivity index (χ1v) is 8.60. The van der Waals surface area contributed by atoms with Crippen molar-refractivity contribution in [2.24, 2.45) is 5.92 Å². The zero-order chi connectivity index (χ0) is 17.3. The minimum absolute atomic E-state index is 0.260. The lowest BCUT2D eigenvalue weighted by molar-refractivity contribution is -0.142. The zero-order valence-corrected chi connectivity index (χ0v) is 14.7. The Balaban J connectivity index is 1.84. The van der Waals surface area contributed by atoms with E-state index in [-0.39, 0.29) is 5.69 Å². The number of rotatable bonds is 6. The molecule has 1 aromatic heterocycles. The molecule has 1 aromatic carbocycles. The predicted octanol–water partition coefficient (Wildman–Crippen LogP) is 3.24. The molecule has 0 bridgehead atoms. The third kappa shape index (κ3) is 3.36. The number of carbonyl (C=O) groups is 2. The lowest BCUT2D eigenvalue weighted by atomic mass is 9.94. The van der Waals surface area contributed by atoms with Gasteiger partial charge in [-0.1, -0.05) is 30.3 Å². The van der Waals surface area contributed by atoms with Gasteiger partial charge in [-0.25, -0.2) is 0 Å². The number of carboxylic acids is 1. The number of aromatic nitrogens is 2. The van der Waals surface area contributed by atoms with Crippen LogP contribution in [0.3, 0.4) is 0 Å². The molecule has 1 fully saturated rings. The summed E-state index contributed by atoms with van der Waals surface area (Å²) in [5.41, 5.74) is 1.94. The van der Waals surface area contributed by atoms with Crippen molar-refractivity contribution < 1.29 is 14.7 Å². The van der Waals surface area contributed by atoms with Crippen LogP contribution >= 0.6 is 15.9 Å². The molecule has 2 aromatic rings. The molecular weight excluding hydrogens is 374 g/mol. The van der Waals surface area contributed by atoms with Gasteiger partial charge in [0.15, 0.2) is 5.69 Å². The highest BCUT2D eigenvalue weighted by molar-refractivity contribution is 9.10. The van der Waals surface area contributed by atoms with E-state index < -0.39 is 23.8 Å². The fourth-order valence-corrected chi connectivity index (χ4v) is 3.33. The van der Waals surface area contributed by atoms with Crippen LogP contribution in [0.1, 0.15) is 53.5 Å². The molecule has 3 rings (SSSR count). The number of benzene rings is 1. The van der Waals surface area contributed by atoms with E-state index in [9.17, 15) is 14.7 Å². The van der Waals surface area contributed by atoms with E-state index in [1.807, 2.05) is 18.2 Å². The lowest BCUT2D eigenvalue weighted by Crippen LogP contribution is -2.36. The number of nitrogens with one attached hydrogen (secondary N) is 2. The summed E-state index contributed by atoms with van der Waals surface area (Å²) in [5, 5.41) is 19.2. The number of halogens is 1. The lowest BCUT2D eigenvalue weighted by Gasteiger charge is -2.22. The first-order chi connectivity index (χ1) is 11.5. The van der Waals surface area contributed by atoms with Crippen molar-refractivity contribution in [3.63, 3.8) is 0 Å². The molecule has 1 amide bonds. The van der Waals surface area contributed by atoms with Gasteiger partial charge in [-0.3, -0.25) is 14.7 Å².